The van der Waals surface area contributed by atoms with Crippen LogP contribution in [0.2, 0.25) is 0 Å². The Labute approximate surface area is 83.5 Å². The first-order chi connectivity index (χ1) is 6.83. The van der Waals surface area contributed by atoms with Gasteiger partial charge in [-0.2, -0.15) is 5.48 Å². The summed E-state index contributed by atoms with van der Waals surface area (Å²) in [5.74, 6) is 0.881. The number of benzene rings is 2. The van der Waals surface area contributed by atoms with Crippen LogP contribution in [0.1, 0.15) is 5.56 Å². The maximum Gasteiger partial charge on any atom is 0.150 e. The van der Waals surface area contributed by atoms with Crippen LogP contribution in [0.15, 0.2) is 36.4 Å². The molecule has 2 aromatic carbocycles. The predicted molar refractivity (Wildman–Crippen MR) is 58.4 cm³/mol. The Morgan fingerprint density at radius 1 is 1.07 bits per heavy atom. The van der Waals surface area contributed by atoms with Gasteiger partial charge in [0, 0.05) is 12.6 Å². The molecule has 0 heterocycles. The first-order valence-corrected chi connectivity index (χ1v) is 4.65. The van der Waals surface area contributed by atoms with Crippen LogP contribution in [0.5, 0.6) is 5.75 Å². The lowest BCUT2D eigenvalue weighted by molar-refractivity contribution is 0.222. The highest BCUT2D eigenvalue weighted by Gasteiger charge is 2.02. The third-order valence-electron chi connectivity index (χ3n) is 2.36. The fraction of sp³-hybridized carbons (Fsp3) is 0.167. The van der Waals surface area contributed by atoms with Gasteiger partial charge in [-0.1, -0.05) is 30.3 Å². The number of fused-ring (bicyclic) bond motifs is 1. The summed E-state index contributed by atoms with van der Waals surface area (Å²) in [6, 6.07) is 12.3. The zero-order chi connectivity index (χ0) is 9.97. The number of rotatable bonds is 2. The number of aryl methyl sites for hydroxylation is 1. The Bertz CT molecular complexity index is 451. The van der Waals surface area contributed by atoms with E-state index < -0.39 is 0 Å². The van der Waals surface area contributed by atoms with E-state index in [4.69, 9.17) is 4.84 Å². The standard InChI is InChI=1S/C12H13NO/c1-9-11-6-4-3-5-10(11)7-8-12(9)14-13-2/h3-8,13H,1-2H3. The van der Waals surface area contributed by atoms with Crippen LogP contribution in [0.25, 0.3) is 10.8 Å². The largest absolute Gasteiger partial charge is 0.409 e. The highest BCUT2D eigenvalue weighted by Crippen LogP contribution is 2.26. The molecule has 0 amide bonds. The Morgan fingerprint density at radius 3 is 2.64 bits per heavy atom. The molecule has 72 valence electrons. The van der Waals surface area contributed by atoms with Crippen LogP contribution in [0, 0.1) is 6.92 Å². The van der Waals surface area contributed by atoms with E-state index in [-0.39, 0.29) is 0 Å². The topological polar surface area (TPSA) is 21.3 Å². The lowest BCUT2D eigenvalue weighted by Crippen LogP contribution is -2.11. The minimum Gasteiger partial charge on any atom is -0.409 e. The molecule has 2 heteroatoms. The van der Waals surface area contributed by atoms with Crippen molar-refractivity contribution in [3.05, 3.63) is 42.0 Å². The Kier molecular flexibility index (Phi) is 2.37. The minimum absolute atomic E-state index is 0.881. The van der Waals surface area contributed by atoms with Crippen molar-refractivity contribution in [1.29, 1.82) is 0 Å². The molecule has 2 rings (SSSR count). The molecule has 0 saturated heterocycles. The van der Waals surface area contributed by atoms with Crippen molar-refractivity contribution in [3.8, 4) is 5.75 Å². The molecule has 0 radical (unpaired) electrons. The molecule has 0 aliphatic carbocycles. The number of hydroxylamine groups is 1. The van der Waals surface area contributed by atoms with E-state index in [0.29, 0.717) is 0 Å². The summed E-state index contributed by atoms with van der Waals surface area (Å²) in [6.07, 6.45) is 0. The highest BCUT2D eigenvalue weighted by atomic mass is 16.6. The third kappa shape index (κ3) is 1.44. The smallest absolute Gasteiger partial charge is 0.150 e. The van der Waals surface area contributed by atoms with Crippen LogP contribution in [-0.2, 0) is 0 Å². The number of hydrogen-bond donors (Lipinski definition) is 1. The molecule has 0 aromatic heterocycles. The van der Waals surface area contributed by atoms with E-state index in [1.807, 2.05) is 18.2 Å². The summed E-state index contributed by atoms with van der Waals surface area (Å²) in [5, 5.41) is 2.48. The van der Waals surface area contributed by atoms with Crippen LogP contribution < -0.4 is 10.3 Å². The van der Waals surface area contributed by atoms with Crippen molar-refractivity contribution in [2.75, 3.05) is 7.05 Å². The van der Waals surface area contributed by atoms with Crippen molar-refractivity contribution in [1.82, 2.24) is 5.48 Å². The molecule has 0 aliphatic heterocycles. The zero-order valence-corrected chi connectivity index (χ0v) is 8.37. The Hall–Kier alpha value is -1.54. The molecular formula is C12H13NO. The van der Waals surface area contributed by atoms with Gasteiger partial charge in [0.25, 0.3) is 0 Å². The van der Waals surface area contributed by atoms with E-state index in [0.717, 1.165) is 11.3 Å². The Balaban J connectivity index is 2.63. The summed E-state index contributed by atoms with van der Waals surface area (Å²) >= 11 is 0. The molecule has 2 aromatic rings. The van der Waals surface area contributed by atoms with Gasteiger partial charge < -0.3 is 4.84 Å². The SMILES string of the molecule is CNOc1ccc2ccccc2c1C. The van der Waals surface area contributed by atoms with Crippen molar-refractivity contribution in [2.24, 2.45) is 0 Å². The first-order valence-electron chi connectivity index (χ1n) is 4.65. The van der Waals surface area contributed by atoms with Gasteiger partial charge in [0.05, 0.1) is 0 Å². The second-order valence-corrected chi connectivity index (χ2v) is 3.22. The lowest BCUT2D eigenvalue weighted by atomic mass is 10.1. The fourth-order valence-corrected chi connectivity index (χ4v) is 1.63. The predicted octanol–water partition coefficient (Wildman–Crippen LogP) is 2.66. The Morgan fingerprint density at radius 2 is 1.86 bits per heavy atom. The lowest BCUT2D eigenvalue weighted by Gasteiger charge is -2.08. The van der Waals surface area contributed by atoms with Crippen LogP contribution in [-0.4, -0.2) is 7.05 Å². The molecule has 2 nitrogen and oxygen atoms in total. The second kappa shape index (κ2) is 3.68. The normalized spacial score (nSPS) is 10.4. The van der Waals surface area contributed by atoms with Gasteiger partial charge in [0.2, 0.25) is 0 Å². The van der Waals surface area contributed by atoms with Crippen molar-refractivity contribution >= 4 is 10.8 Å². The molecule has 0 saturated carbocycles. The van der Waals surface area contributed by atoms with Crippen LogP contribution in [0.4, 0.5) is 0 Å². The van der Waals surface area contributed by atoms with Gasteiger partial charge in [-0.15, -0.1) is 0 Å². The number of hydrogen-bond acceptors (Lipinski definition) is 2. The summed E-state index contributed by atoms with van der Waals surface area (Å²) < 4.78 is 0. The third-order valence-corrected chi connectivity index (χ3v) is 2.36. The fourth-order valence-electron chi connectivity index (χ4n) is 1.63. The van der Waals surface area contributed by atoms with Crippen LogP contribution >= 0.6 is 0 Å². The maximum atomic E-state index is 5.29. The zero-order valence-electron chi connectivity index (χ0n) is 8.37. The summed E-state index contributed by atoms with van der Waals surface area (Å²) in [4.78, 5) is 5.29. The average molecular weight is 187 g/mol. The average Bonchev–Trinajstić information content (AvgIpc) is 2.23. The van der Waals surface area contributed by atoms with Gasteiger partial charge >= 0.3 is 0 Å². The van der Waals surface area contributed by atoms with E-state index in [1.165, 1.54) is 10.8 Å². The summed E-state index contributed by atoms with van der Waals surface area (Å²) in [5.41, 5.74) is 3.85. The van der Waals surface area contributed by atoms with Crippen molar-refractivity contribution < 1.29 is 4.84 Å². The molecule has 14 heavy (non-hydrogen) atoms. The van der Waals surface area contributed by atoms with E-state index in [9.17, 15) is 0 Å². The van der Waals surface area contributed by atoms with E-state index in [1.54, 1.807) is 7.05 Å². The maximum absolute atomic E-state index is 5.29. The van der Waals surface area contributed by atoms with Crippen molar-refractivity contribution in [3.63, 3.8) is 0 Å². The van der Waals surface area contributed by atoms with Gasteiger partial charge in [-0.05, 0) is 23.8 Å². The molecule has 1 N–H and O–H groups in total. The van der Waals surface area contributed by atoms with Crippen LogP contribution in [0.3, 0.4) is 0 Å². The van der Waals surface area contributed by atoms with Crippen molar-refractivity contribution in [2.45, 2.75) is 6.92 Å². The molecule has 0 atom stereocenters. The molecule has 0 spiro atoms. The second-order valence-electron chi connectivity index (χ2n) is 3.22. The van der Waals surface area contributed by atoms with E-state index >= 15 is 0 Å². The summed E-state index contributed by atoms with van der Waals surface area (Å²) in [7, 11) is 1.76. The minimum atomic E-state index is 0.881. The van der Waals surface area contributed by atoms with Gasteiger partial charge in [-0.25, -0.2) is 0 Å². The number of nitrogens with one attached hydrogen (secondary N) is 1. The monoisotopic (exact) mass is 187 g/mol. The van der Waals surface area contributed by atoms with Gasteiger partial charge in [0.15, 0.2) is 5.75 Å². The van der Waals surface area contributed by atoms with Gasteiger partial charge in [0.1, 0.15) is 0 Å². The quantitative estimate of drug-likeness (QED) is 0.730. The molecule has 0 bridgehead atoms. The van der Waals surface area contributed by atoms with E-state index in [2.05, 4.69) is 30.6 Å². The first kappa shape index (κ1) is 9.03. The molecule has 0 aliphatic rings. The molecule has 0 unspecified atom stereocenters. The molecular weight excluding hydrogens is 174 g/mol. The highest BCUT2D eigenvalue weighted by molar-refractivity contribution is 5.87. The van der Waals surface area contributed by atoms with Gasteiger partial charge in [-0.3, -0.25) is 0 Å². The molecule has 0 fully saturated rings. The summed E-state index contributed by atoms with van der Waals surface area (Å²) in [6.45, 7) is 2.06.